The molecule has 0 N–H and O–H groups in total. The van der Waals surface area contributed by atoms with Gasteiger partial charge < -0.3 is 4.90 Å². The van der Waals surface area contributed by atoms with Gasteiger partial charge in [0.25, 0.3) is 5.91 Å². The normalized spacial score (nSPS) is 14.3. The third kappa shape index (κ3) is 4.26. The summed E-state index contributed by atoms with van der Waals surface area (Å²) < 4.78 is 27.8. The average molecular weight is 369 g/mol. The largest absolute Gasteiger partial charge is 0.341 e. The molecule has 1 atom stereocenters. The van der Waals surface area contributed by atoms with Crippen molar-refractivity contribution in [3.63, 3.8) is 0 Å². The molecule has 4 heteroatoms. The summed E-state index contributed by atoms with van der Waals surface area (Å²) in [5.74, 6) is -1.05. The Bertz CT molecular complexity index is 829. The fourth-order valence-electron chi connectivity index (χ4n) is 3.89. The number of halogens is 2. The van der Waals surface area contributed by atoms with Gasteiger partial charge >= 0.3 is 0 Å². The summed E-state index contributed by atoms with van der Waals surface area (Å²) in [5, 5.41) is 0. The minimum atomic E-state index is -0.449. The molecule has 0 unspecified atom stereocenters. The van der Waals surface area contributed by atoms with Gasteiger partial charge in [-0.1, -0.05) is 24.3 Å². The van der Waals surface area contributed by atoms with Crippen molar-refractivity contribution in [2.75, 3.05) is 13.6 Å². The lowest BCUT2D eigenvalue weighted by Crippen LogP contribution is -2.33. The molecule has 2 nitrogen and oxygen atoms in total. The molecule has 1 aliphatic carbocycles. The van der Waals surface area contributed by atoms with Crippen LogP contribution in [0.5, 0.6) is 0 Å². The highest BCUT2D eigenvalue weighted by atomic mass is 19.1. The minimum Gasteiger partial charge on any atom is -0.341 e. The first kappa shape index (κ1) is 19.3. The molecule has 0 aliphatic heterocycles. The fourth-order valence-corrected chi connectivity index (χ4v) is 3.89. The summed E-state index contributed by atoms with van der Waals surface area (Å²) >= 11 is 0. The predicted octanol–water partition coefficient (Wildman–Crippen LogP) is 5.28. The summed E-state index contributed by atoms with van der Waals surface area (Å²) in [5.41, 5.74) is 3.10. The van der Waals surface area contributed by atoms with Crippen LogP contribution in [0, 0.1) is 11.6 Å². The summed E-state index contributed by atoms with van der Waals surface area (Å²) in [7, 11) is 1.70. The molecule has 2 aromatic carbocycles. The average Bonchev–Trinajstić information content (AvgIpc) is 2.67. The second-order valence-corrected chi connectivity index (χ2v) is 7.23. The van der Waals surface area contributed by atoms with E-state index >= 15 is 0 Å². The van der Waals surface area contributed by atoms with E-state index in [1.165, 1.54) is 18.2 Å². The first-order valence-electron chi connectivity index (χ1n) is 9.43. The molecule has 3 rings (SSSR count). The number of likely N-dealkylation sites (N-methyl/N-ethyl adjacent to an activating group) is 1. The van der Waals surface area contributed by atoms with Crippen LogP contribution in [0.4, 0.5) is 8.78 Å². The van der Waals surface area contributed by atoms with Crippen LogP contribution in [0.2, 0.25) is 0 Å². The van der Waals surface area contributed by atoms with Crippen LogP contribution in [0.25, 0.3) is 0 Å². The van der Waals surface area contributed by atoms with Crippen molar-refractivity contribution in [2.45, 2.75) is 38.0 Å². The Labute approximate surface area is 159 Å². The van der Waals surface area contributed by atoms with Crippen LogP contribution in [0.3, 0.4) is 0 Å². The molecule has 0 saturated heterocycles. The maximum Gasteiger partial charge on any atom is 0.256 e. The van der Waals surface area contributed by atoms with Gasteiger partial charge in [-0.25, -0.2) is 8.78 Å². The first-order chi connectivity index (χ1) is 13.0. The third-order valence-corrected chi connectivity index (χ3v) is 5.33. The summed E-state index contributed by atoms with van der Waals surface area (Å²) in [6.07, 6.45) is 6.14. The van der Waals surface area contributed by atoms with Crippen LogP contribution in [0.1, 0.15) is 52.2 Å². The van der Waals surface area contributed by atoms with E-state index < -0.39 is 5.82 Å². The number of aryl methyl sites for hydroxylation is 1. The lowest BCUT2D eigenvalue weighted by molar-refractivity contribution is 0.0780. The topological polar surface area (TPSA) is 20.3 Å². The number of hydrogen-bond acceptors (Lipinski definition) is 1. The van der Waals surface area contributed by atoms with Crippen molar-refractivity contribution < 1.29 is 13.6 Å². The maximum absolute atomic E-state index is 14.5. The van der Waals surface area contributed by atoms with Crippen LogP contribution in [0.15, 0.2) is 49.1 Å². The highest BCUT2D eigenvalue weighted by Crippen LogP contribution is 2.28. The van der Waals surface area contributed by atoms with Crippen molar-refractivity contribution in [2.24, 2.45) is 0 Å². The Morgan fingerprint density at radius 1 is 1.15 bits per heavy atom. The zero-order valence-electron chi connectivity index (χ0n) is 15.7. The van der Waals surface area contributed by atoms with Gasteiger partial charge in [-0.15, -0.1) is 6.58 Å². The number of carbonyl (C=O) groups excluding carboxylic acids is 1. The van der Waals surface area contributed by atoms with E-state index in [0.717, 1.165) is 42.4 Å². The number of benzene rings is 2. The molecule has 27 heavy (non-hydrogen) atoms. The summed E-state index contributed by atoms with van der Waals surface area (Å²) in [4.78, 5) is 14.6. The molecule has 2 aromatic rings. The SMILES string of the molecule is C=CC[C@H](CN(C)C(=O)c1c(F)ccc2c1CCCC2)c1ccc(F)cc1. The lowest BCUT2D eigenvalue weighted by atomic mass is 9.87. The number of fused-ring (bicyclic) bond motifs is 1. The molecule has 142 valence electrons. The van der Waals surface area contributed by atoms with Gasteiger partial charge in [-0.3, -0.25) is 4.79 Å². The van der Waals surface area contributed by atoms with E-state index in [0.29, 0.717) is 13.0 Å². The predicted molar refractivity (Wildman–Crippen MR) is 104 cm³/mol. The zero-order chi connectivity index (χ0) is 19.4. The molecular formula is C23H25F2NO. The van der Waals surface area contributed by atoms with E-state index in [1.807, 2.05) is 0 Å². The standard InChI is InChI=1S/C23H25F2NO/c1-3-6-18(16-9-12-19(24)13-10-16)15-26(2)23(27)22-20-8-5-4-7-17(20)11-14-21(22)25/h3,9-14,18H,1,4-8,15H2,2H3/t18-/m1/s1. The van der Waals surface area contributed by atoms with E-state index in [2.05, 4.69) is 6.58 Å². The highest BCUT2D eigenvalue weighted by Gasteiger charge is 2.25. The molecule has 0 aromatic heterocycles. The summed E-state index contributed by atoms with van der Waals surface area (Å²) in [6.45, 7) is 4.20. The van der Waals surface area contributed by atoms with Gasteiger partial charge in [0.2, 0.25) is 0 Å². The summed E-state index contributed by atoms with van der Waals surface area (Å²) in [6, 6.07) is 9.51. The minimum absolute atomic E-state index is 0.0142. The molecule has 0 fully saturated rings. The van der Waals surface area contributed by atoms with Crippen molar-refractivity contribution in [1.29, 1.82) is 0 Å². The van der Waals surface area contributed by atoms with Gasteiger partial charge in [0.1, 0.15) is 11.6 Å². The highest BCUT2D eigenvalue weighted by molar-refractivity contribution is 5.96. The molecule has 0 radical (unpaired) electrons. The van der Waals surface area contributed by atoms with E-state index in [9.17, 15) is 13.6 Å². The van der Waals surface area contributed by atoms with Gasteiger partial charge in [0, 0.05) is 19.5 Å². The smallest absolute Gasteiger partial charge is 0.256 e. The van der Waals surface area contributed by atoms with Gasteiger partial charge in [-0.05, 0) is 67.0 Å². The first-order valence-corrected chi connectivity index (χ1v) is 9.43. The van der Waals surface area contributed by atoms with Crippen LogP contribution >= 0.6 is 0 Å². The number of rotatable bonds is 6. The molecular weight excluding hydrogens is 344 g/mol. The fraction of sp³-hybridized carbons (Fsp3) is 0.348. The van der Waals surface area contributed by atoms with Crippen molar-refractivity contribution in [3.8, 4) is 0 Å². The second-order valence-electron chi connectivity index (χ2n) is 7.23. The zero-order valence-corrected chi connectivity index (χ0v) is 15.7. The molecule has 1 aliphatic rings. The molecule has 0 saturated carbocycles. The number of hydrogen-bond donors (Lipinski definition) is 0. The Balaban J connectivity index is 1.84. The molecule has 0 heterocycles. The second kappa shape index (κ2) is 8.47. The number of amides is 1. The number of carbonyl (C=O) groups is 1. The van der Waals surface area contributed by atoms with Gasteiger partial charge in [0.05, 0.1) is 5.56 Å². The molecule has 0 spiro atoms. The van der Waals surface area contributed by atoms with E-state index in [4.69, 9.17) is 0 Å². The lowest BCUT2D eigenvalue weighted by Gasteiger charge is -2.26. The monoisotopic (exact) mass is 369 g/mol. The van der Waals surface area contributed by atoms with E-state index in [-0.39, 0.29) is 23.2 Å². The van der Waals surface area contributed by atoms with Crippen molar-refractivity contribution in [3.05, 3.63) is 82.9 Å². The third-order valence-electron chi connectivity index (χ3n) is 5.33. The Kier molecular flexibility index (Phi) is 6.04. The Hall–Kier alpha value is -2.49. The number of nitrogens with zero attached hydrogens (tertiary/aromatic N) is 1. The van der Waals surface area contributed by atoms with Crippen LogP contribution < -0.4 is 0 Å². The Morgan fingerprint density at radius 2 is 1.85 bits per heavy atom. The van der Waals surface area contributed by atoms with Gasteiger partial charge in [0.15, 0.2) is 0 Å². The molecule has 1 amide bonds. The van der Waals surface area contributed by atoms with Crippen LogP contribution in [-0.4, -0.2) is 24.4 Å². The number of allylic oxidation sites excluding steroid dienone is 1. The molecule has 0 bridgehead atoms. The Morgan fingerprint density at radius 3 is 2.56 bits per heavy atom. The van der Waals surface area contributed by atoms with Gasteiger partial charge in [-0.2, -0.15) is 0 Å². The van der Waals surface area contributed by atoms with Crippen LogP contribution in [-0.2, 0) is 12.8 Å². The van der Waals surface area contributed by atoms with Crippen molar-refractivity contribution in [1.82, 2.24) is 4.90 Å². The maximum atomic E-state index is 14.5. The quantitative estimate of drug-likeness (QED) is 0.635. The van der Waals surface area contributed by atoms with Crippen molar-refractivity contribution >= 4 is 5.91 Å². The van der Waals surface area contributed by atoms with E-state index in [1.54, 1.807) is 36.2 Å².